The fraction of sp³-hybridized carbons (Fsp3) is 0.353. The van der Waals surface area contributed by atoms with E-state index in [1.165, 1.54) is 5.56 Å². The van der Waals surface area contributed by atoms with E-state index in [0.29, 0.717) is 0 Å². The van der Waals surface area contributed by atoms with Crippen LogP contribution in [0.1, 0.15) is 12.0 Å². The second-order valence-corrected chi connectivity index (χ2v) is 7.11. The van der Waals surface area contributed by atoms with Crippen molar-refractivity contribution in [2.24, 2.45) is 5.73 Å². The molecular formula is C17H20BrN7. The van der Waals surface area contributed by atoms with Crippen LogP contribution < -0.4 is 16.0 Å². The van der Waals surface area contributed by atoms with Crippen molar-refractivity contribution in [3.05, 3.63) is 46.8 Å². The van der Waals surface area contributed by atoms with Gasteiger partial charge < -0.3 is 16.0 Å². The lowest BCUT2D eigenvalue weighted by molar-refractivity contribution is 0.751. The van der Waals surface area contributed by atoms with E-state index in [0.717, 1.165) is 54.2 Å². The topological polar surface area (TPSA) is 84.4 Å². The zero-order valence-electron chi connectivity index (χ0n) is 13.8. The molecule has 0 aliphatic carbocycles. The van der Waals surface area contributed by atoms with Crippen LogP contribution in [0.15, 0.2) is 41.3 Å². The Morgan fingerprint density at radius 2 is 2.28 bits per heavy atom. The highest BCUT2D eigenvalue weighted by atomic mass is 79.9. The van der Waals surface area contributed by atoms with Crippen LogP contribution >= 0.6 is 15.9 Å². The lowest BCUT2D eigenvalue weighted by atomic mass is 10.2. The van der Waals surface area contributed by atoms with E-state index in [1.54, 1.807) is 12.4 Å². The second-order valence-electron chi connectivity index (χ2n) is 6.26. The smallest absolute Gasteiger partial charge is 0.173 e. The van der Waals surface area contributed by atoms with E-state index < -0.39 is 0 Å². The molecule has 3 aromatic rings. The van der Waals surface area contributed by atoms with Gasteiger partial charge in [0, 0.05) is 44.1 Å². The molecule has 1 saturated heterocycles. The highest BCUT2D eigenvalue weighted by Crippen LogP contribution is 2.26. The molecule has 8 heteroatoms. The third-order valence-corrected chi connectivity index (χ3v) is 4.97. The molecule has 25 heavy (non-hydrogen) atoms. The normalized spacial score (nSPS) is 17.4. The predicted molar refractivity (Wildman–Crippen MR) is 102 cm³/mol. The number of hydrogen-bond donors (Lipinski definition) is 2. The summed E-state index contributed by atoms with van der Waals surface area (Å²) in [7, 11) is 0. The summed E-state index contributed by atoms with van der Waals surface area (Å²) in [6.07, 6.45) is 7.35. The van der Waals surface area contributed by atoms with E-state index in [4.69, 9.17) is 10.7 Å². The average Bonchev–Trinajstić information content (AvgIpc) is 3.22. The number of halogens is 1. The van der Waals surface area contributed by atoms with Gasteiger partial charge in [-0.2, -0.15) is 9.61 Å². The van der Waals surface area contributed by atoms with Crippen LogP contribution in [0.2, 0.25) is 0 Å². The number of fused-ring (bicyclic) bond motifs is 1. The number of aromatic nitrogens is 4. The van der Waals surface area contributed by atoms with Crippen LogP contribution in [-0.4, -0.2) is 45.3 Å². The summed E-state index contributed by atoms with van der Waals surface area (Å²) in [6.45, 7) is 2.57. The van der Waals surface area contributed by atoms with Crippen LogP contribution in [0.4, 0.5) is 11.6 Å². The molecule has 4 rings (SSSR count). The van der Waals surface area contributed by atoms with Crippen LogP contribution in [0.5, 0.6) is 0 Å². The summed E-state index contributed by atoms with van der Waals surface area (Å²) in [5, 5.41) is 7.89. The van der Waals surface area contributed by atoms with Crippen molar-refractivity contribution in [1.82, 2.24) is 19.6 Å². The average molecular weight is 402 g/mol. The summed E-state index contributed by atoms with van der Waals surface area (Å²) in [6, 6.07) is 6.30. The van der Waals surface area contributed by atoms with E-state index >= 15 is 0 Å². The van der Waals surface area contributed by atoms with Gasteiger partial charge in [-0.3, -0.25) is 4.98 Å². The Balaban J connectivity index is 1.58. The summed E-state index contributed by atoms with van der Waals surface area (Å²) in [4.78, 5) is 11.1. The lowest BCUT2D eigenvalue weighted by Gasteiger charge is -2.19. The molecule has 0 aromatic carbocycles. The summed E-state index contributed by atoms with van der Waals surface area (Å²) in [5.41, 5.74) is 8.06. The molecule has 0 amide bonds. The number of anilines is 2. The van der Waals surface area contributed by atoms with Gasteiger partial charge in [0.15, 0.2) is 5.65 Å². The Hall–Kier alpha value is -2.19. The molecule has 3 N–H and O–H groups in total. The maximum Gasteiger partial charge on any atom is 0.173 e. The number of hydrogen-bond acceptors (Lipinski definition) is 6. The molecule has 0 unspecified atom stereocenters. The standard InChI is InChI=1S/C17H20BrN7/c18-14-10-22-25-15(21-6-3-12-2-1-5-20-9-12)8-16(23-17(14)25)24-7-4-13(19)11-24/h1-2,5,8-10,13,21H,3-4,6-7,11,19H2/t13-/m0/s1. The first-order chi connectivity index (χ1) is 12.2. The minimum atomic E-state index is 0.216. The first-order valence-electron chi connectivity index (χ1n) is 8.38. The predicted octanol–water partition coefficient (Wildman–Crippen LogP) is 2.08. The first kappa shape index (κ1) is 16.3. The number of nitrogens with one attached hydrogen (secondary N) is 1. The maximum atomic E-state index is 6.05. The third kappa shape index (κ3) is 3.45. The molecule has 0 saturated carbocycles. The van der Waals surface area contributed by atoms with Crippen LogP contribution in [-0.2, 0) is 6.42 Å². The minimum absolute atomic E-state index is 0.216. The van der Waals surface area contributed by atoms with E-state index in [9.17, 15) is 0 Å². The van der Waals surface area contributed by atoms with Gasteiger partial charge in [-0.25, -0.2) is 4.98 Å². The van der Waals surface area contributed by atoms with Crippen LogP contribution in [0, 0.1) is 0 Å². The van der Waals surface area contributed by atoms with Crippen molar-refractivity contribution in [1.29, 1.82) is 0 Å². The zero-order chi connectivity index (χ0) is 17.2. The van der Waals surface area contributed by atoms with E-state index in [-0.39, 0.29) is 6.04 Å². The van der Waals surface area contributed by atoms with Gasteiger partial charge in [0.05, 0.1) is 10.7 Å². The van der Waals surface area contributed by atoms with E-state index in [1.807, 2.05) is 22.8 Å². The van der Waals surface area contributed by atoms with Gasteiger partial charge >= 0.3 is 0 Å². The van der Waals surface area contributed by atoms with E-state index in [2.05, 4.69) is 42.3 Å². The molecule has 1 aliphatic heterocycles. The number of nitrogens with zero attached hydrogens (tertiary/aromatic N) is 5. The van der Waals surface area contributed by atoms with Gasteiger partial charge in [-0.15, -0.1) is 0 Å². The number of rotatable bonds is 5. The fourth-order valence-electron chi connectivity index (χ4n) is 3.09. The van der Waals surface area contributed by atoms with Gasteiger partial charge in [0.25, 0.3) is 0 Å². The van der Waals surface area contributed by atoms with Crippen molar-refractivity contribution >= 4 is 33.2 Å². The number of pyridine rings is 1. The molecule has 0 spiro atoms. The third-order valence-electron chi connectivity index (χ3n) is 4.41. The quantitative estimate of drug-likeness (QED) is 0.680. The number of nitrogens with two attached hydrogens (primary N) is 1. The molecule has 4 heterocycles. The second kappa shape index (κ2) is 6.97. The molecule has 1 aliphatic rings. The van der Waals surface area contributed by atoms with Crippen LogP contribution in [0.25, 0.3) is 5.65 Å². The highest BCUT2D eigenvalue weighted by Gasteiger charge is 2.22. The summed E-state index contributed by atoms with van der Waals surface area (Å²) >= 11 is 3.54. The van der Waals surface area contributed by atoms with Crippen molar-refractivity contribution < 1.29 is 0 Å². The Bertz CT molecular complexity index is 864. The van der Waals surface area contributed by atoms with Crippen molar-refractivity contribution in [3.8, 4) is 0 Å². The molecule has 0 bridgehead atoms. The zero-order valence-corrected chi connectivity index (χ0v) is 15.4. The SMILES string of the molecule is N[C@H]1CCN(c2cc(NCCc3cccnc3)n3ncc(Br)c3n2)C1. The van der Waals surface area contributed by atoms with Crippen molar-refractivity contribution in [2.75, 3.05) is 29.9 Å². The molecule has 130 valence electrons. The molecule has 7 nitrogen and oxygen atoms in total. The van der Waals surface area contributed by atoms with Gasteiger partial charge in [-0.1, -0.05) is 6.07 Å². The molecular weight excluding hydrogens is 382 g/mol. The minimum Gasteiger partial charge on any atom is -0.370 e. The monoisotopic (exact) mass is 401 g/mol. The van der Waals surface area contributed by atoms with Crippen molar-refractivity contribution in [3.63, 3.8) is 0 Å². The van der Waals surface area contributed by atoms with Crippen LogP contribution in [0.3, 0.4) is 0 Å². The van der Waals surface area contributed by atoms with Gasteiger partial charge in [0.1, 0.15) is 11.6 Å². The Morgan fingerprint density at radius 3 is 3.04 bits per heavy atom. The molecule has 1 atom stereocenters. The van der Waals surface area contributed by atoms with Gasteiger partial charge in [-0.05, 0) is 40.4 Å². The first-order valence-corrected chi connectivity index (χ1v) is 9.17. The Morgan fingerprint density at radius 1 is 1.36 bits per heavy atom. The summed E-state index contributed by atoms with van der Waals surface area (Å²) < 4.78 is 2.71. The molecule has 0 radical (unpaired) electrons. The van der Waals surface area contributed by atoms with Crippen molar-refractivity contribution in [2.45, 2.75) is 18.9 Å². The Kier molecular flexibility index (Phi) is 4.54. The fourth-order valence-corrected chi connectivity index (χ4v) is 3.44. The lowest BCUT2D eigenvalue weighted by Crippen LogP contribution is -2.27. The molecule has 1 fully saturated rings. The highest BCUT2D eigenvalue weighted by molar-refractivity contribution is 9.10. The summed E-state index contributed by atoms with van der Waals surface area (Å²) in [5.74, 6) is 1.86. The van der Waals surface area contributed by atoms with Gasteiger partial charge in [0.2, 0.25) is 0 Å². The molecule has 3 aromatic heterocycles. The Labute approximate surface area is 154 Å². The largest absolute Gasteiger partial charge is 0.370 e. The maximum absolute atomic E-state index is 6.05.